The van der Waals surface area contributed by atoms with Crippen LogP contribution in [-0.2, 0) is 20.6 Å². The predicted molar refractivity (Wildman–Crippen MR) is 122 cm³/mol. The first-order chi connectivity index (χ1) is 15.6. The van der Waals surface area contributed by atoms with Gasteiger partial charge in [0.15, 0.2) is 13.6 Å². The fraction of sp³-hybridized carbons (Fsp3) is 0.500. The molecule has 0 fully saturated rings. The molecule has 1 aromatic carbocycles. The number of aliphatic imine (C=N–C) groups is 1. The first-order valence-electron chi connectivity index (χ1n) is 10.8. The Morgan fingerprint density at radius 3 is 2.59 bits per heavy atom. The highest BCUT2D eigenvalue weighted by atomic mass is 16.7. The first-order valence-corrected chi connectivity index (χ1v) is 10.8. The quantitative estimate of drug-likeness (QED) is 0.282. The third-order valence-corrected chi connectivity index (χ3v) is 4.60. The van der Waals surface area contributed by atoms with E-state index < -0.39 is 12.1 Å². The largest absolute Gasteiger partial charge is 0.467 e. The molecular formula is C24H33NO7. The standard InChI is InChI=1S/C24H33NO7/c1-4-28-16-31-21-14-18-13-19(25-3)9-8-11-20(26)10-6-7-12-30-24(27)23(18)22(15-21)32-17-29-5-2/h6,8-10,14-15,20,26H,4-5,7,11-13,16-17H2,1-3H3/b9-8+,10-6+,25-19?. The second-order valence-corrected chi connectivity index (χ2v) is 6.92. The van der Waals surface area contributed by atoms with Gasteiger partial charge in [0.1, 0.15) is 17.1 Å². The van der Waals surface area contributed by atoms with Gasteiger partial charge in [-0.25, -0.2) is 4.79 Å². The van der Waals surface area contributed by atoms with E-state index in [0.717, 1.165) is 5.71 Å². The molecule has 176 valence electrons. The summed E-state index contributed by atoms with van der Waals surface area (Å²) in [5.74, 6) is 0.300. The van der Waals surface area contributed by atoms with Crippen LogP contribution in [0.3, 0.4) is 0 Å². The van der Waals surface area contributed by atoms with Crippen LogP contribution in [0.5, 0.6) is 11.5 Å². The third-order valence-electron chi connectivity index (χ3n) is 4.60. The molecule has 1 N–H and O–H groups in total. The van der Waals surface area contributed by atoms with Gasteiger partial charge < -0.3 is 28.8 Å². The Hall–Kier alpha value is -2.68. The van der Waals surface area contributed by atoms with E-state index in [-0.39, 0.29) is 20.2 Å². The molecule has 0 radical (unpaired) electrons. The van der Waals surface area contributed by atoms with Gasteiger partial charge in [-0.1, -0.05) is 18.2 Å². The Morgan fingerprint density at radius 2 is 1.88 bits per heavy atom. The fourth-order valence-electron chi connectivity index (χ4n) is 2.97. The molecule has 1 aliphatic heterocycles. The molecule has 8 heteroatoms. The van der Waals surface area contributed by atoms with Crippen molar-refractivity contribution in [3.63, 3.8) is 0 Å². The molecule has 1 aliphatic rings. The van der Waals surface area contributed by atoms with E-state index in [1.807, 2.05) is 26.0 Å². The molecule has 1 aromatic rings. The number of hydrogen-bond acceptors (Lipinski definition) is 8. The number of ether oxygens (including phenoxy) is 5. The molecule has 0 aliphatic carbocycles. The van der Waals surface area contributed by atoms with Crippen molar-refractivity contribution >= 4 is 11.7 Å². The van der Waals surface area contributed by atoms with Gasteiger partial charge in [-0.05, 0) is 44.4 Å². The van der Waals surface area contributed by atoms with E-state index in [2.05, 4.69) is 4.99 Å². The number of benzene rings is 1. The number of allylic oxidation sites excluding steroid dienone is 1. The van der Waals surface area contributed by atoms with Crippen LogP contribution < -0.4 is 9.47 Å². The smallest absolute Gasteiger partial charge is 0.342 e. The van der Waals surface area contributed by atoms with Crippen molar-refractivity contribution in [1.29, 1.82) is 0 Å². The van der Waals surface area contributed by atoms with Crippen molar-refractivity contribution in [2.24, 2.45) is 4.99 Å². The van der Waals surface area contributed by atoms with Crippen molar-refractivity contribution < 1.29 is 33.6 Å². The number of fused-ring (bicyclic) bond motifs is 1. The first kappa shape index (κ1) is 25.6. The number of aliphatic hydroxyl groups is 1. The minimum absolute atomic E-state index is 0.0135. The minimum Gasteiger partial charge on any atom is -0.467 e. The number of hydrogen-bond donors (Lipinski definition) is 1. The minimum atomic E-state index is -0.604. The molecule has 1 heterocycles. The summed E-state index contributed by atoms with van der Waals surface area (Å²) >= 11 is 0. The molecule has 1 unspecified atom stereocenters. The van der Waals surface area contributed by atoms with E-state index in [9.17, 15) is 9.90 Å². The molecule has 0 spiro atoms. The Labute approximate surface area is 189 Å². The zero-order chi connectivity index (χ0) is 23.2. The summed E-state index contributed by atoms with van der Waals surface area (Å²) < 4.78 is 27.5. The third kappa shape index (κ3) is 8.45. The molecular weight excluding hydrogens is 414 g/mol. The van der Waals surface area contributed by atoms with Crippen LogP contribution in [0.25, 0.3) is 0 Å². The predicted octanol–water partition coefficient (Wildman–Crippen LogP) is 3.47. The molecule has 0 bridgehead atoms. The van der Waals surface area contributed by atoms with E-state index in [4.69, 9.17) is 23.7 Å². The summed E-state index contributed by atoms with van der Waals surface area (Å²) in [5.41, 5.74) is 1.68. The topological polar surface area (TPSA) is 95.8 Å². The van der Waals surface area contributed by atoms with E-state index in [0.29, 0.717) is 55.1 Å². The maximum atomic E-state index is 13.0. The second kappa shape index (κ2) is 14.4. The van der Waals surface area contributed by atoms with Crippen molar-refractivity contribution in [3.8, 4) is 11.5 Å². The van der Waals surface area contributed by atoms with Gasteiger partial charge in [0, 0.05) is 38.5 Å². The highest BCUT2D eigenvalue weighted by Crippen LogP contribution is 2.31. The Balaban J connectivity index is 2.47. The molecule has 2 rings (SSSR count). The average Bonchev–Trinajstić information content (AvgIpc) is 2.77. The number of carbonyl (C=O) groups excluding carboxylic acids is 1. The molecule has 0 saturated carbocycles. The highest BCUT2D eigenvalue weighted by Gasteiger charge is 2.22. The number of cyclic esters (lactones) is 1. The summed E-state index contributed by atoms with van der Waals surface area (Å²) in [6, 6.07) is 3.40. The van der Waals surface area contributed by atoms with Gasteiger partial charge in [-0.3, -0.25) is 4.99 Å². The van der Waals surface area contributed by atoms with Crippen molar-refractivity contribution in [2.75, 3.05) is 40.5 Å². The van der Waals surface area contributed by atoms with Crippen LogP contribution in [0.2, 0.25) is 0 Å². The molecule has 32 heavy (non-hydrogen) atoms. The Morgan fingerprint density at radius 1 is 1.12 bits per heavy atom. The van der Waals surface area contributed by atoms with Crippen LogP contribution in [0.4, 0.5) is 0 Å². The molecule has 0 aromatic heterocycles. The van der Waals surface area contributed by atoms with Gasteiger partial charge in [-0.15, -0.1) is 0 Å². The lowest BCUT2D eigenvalue weighted by atomic mass is 9.99. The lowest BCUT2D eigenvalue weighted by Gasteiger charge is -2.18. The van der Waals surface area contributed by atoms with Crippen LogP contribution in [0.1, 0.15) is 42.6 Å². The normalized spacial score (nSPS) is 20.7. The van der Waals surface area contributed by atoms with Gasteiger partial charge in [0.25, 0.3) is 0 Å². The highest BCUT2D eigenvalue weighted by molar-refractivity contribution is 6.00. The van der Waals surface area contributed by atoms with Gasteiger partial charge >= 0.3 is 5.97 Å². The summed E-state index contributed by atoms with van der Waals surface area (Å²) in [5, 5.41) is 10.0. The number of aliphatic hydroxyl groups excluding tert-OH is 1. The van der Waals surface area contributed by atoms with Crippen LogP contribution in [-0.4, -0.2) is 63.3 Å². The fourth-order valence-corrected chi connectivity index (χ4v) is 2.97. The summed E-state index contributed by atoms with van der Waals surface area (Å²) in [6.07, 6.45) is 7.89. The van der Waals surface area contributed by atoms with Gasteiger partial charge in [0.05, 0.1) is 12.7 Å². The lowest BCUT2D eigenvalue weighted by molar-refractivity contribution is 0.0171. The monoisotopic (exact) mass is 447 g/mol. The Bertz CT molecular complexity index is 817. The zero-order valence-electron chi connectivity index (χ0n) is 19.0. The van der Waals surface area contributed by atoms with Crippen molar-refractivity contribution in [1.82, 2.24) is 0 Å². The number of esters is 1. The van der Waals surface area contributed by atoms with Crippen LogP contribution in [0, 0.1) is 0 Å². The van der Waals surface area contributed by atoms with Crippen LogP contribution >= 0.6 is 0 Å². The van der Waals surface area contributed by atoms with Crippen molar-refractivity contribution in [3.05, 3.63) is 47.6 Å². The SMILES string of the molecule is CCOCOc1cc2c(c(OCOCC)c1)C(=O)OCC/C=C/C(O)C/C=C/C(=NC)C2. The lowest BCUT2D eigenvalue weighted by Crippen LogP contribution is -2.16. The number of nitrogens with zero attached hydrogens (tertiary/aromatic N) is 1. The average molecular weight is 448 g/mol. The van der Waals surface area contributed by atoms with Gasteiger partial charge in [0.2, 0.25) is 0 Å². The zero-order valence-corrected chi connectivity index (χ0v) is 19.0. The summed E-state index contributed by atoms with van der Waals surface area (Å²) in [6.45, 7) is 4.97. The summed E-state index contributed by atoms with van der Waals surface area (Å²) in [7, 11) is 1.68. The summed E-state index contributed by atoms with van der Waals surface area (Å²) in [4.78, 5) is 17.3. The number of rotatable bonds is 8. The van der Waals surface area contributed by atoms with Crippen LogP contribution in [0.15, 0.2) is 41.4 Å². The molecule has 1 atom stereocenters. The second-order valence-electron chi connectivity index (χ2n) is 6.92. The number of carbonyl (C=O) groups is 1. The maximum absolute atomic E-state index is 13.0. The van der Waals surface area contributed by atoms with Crippen molar-refractivity contribution in [2.45, 2.75) is 39.2 Å². The van der Waals surface area contributed by atoms with E-state index in [1.54, 1.807) is 31.3 Å². The van der Waals surface area contributed by atoms with Gasteiger partial charge in [-0.2, -0.15) is 0 Å². The van der Waals surface area contributed by atoms with E-state index in [1.165, 1.54) is 0 Å². The molecule has 8 nitrogen and oxygen atoms in total. The molecule has 0 amide bonds. The Kier molecular flexibility index (Phi) is 11.5. The maximum Gasteiger partial charge on any atom is 0.342 e. The van der Waals surface area contributed by atoms with E-state index >= 15 is 0 Å². The molecule has 0 saturated heterocycles.